The van der Waals surface area contributed by atoms with Crippen LogP contribution < -0.4 is 24.5 Å². The third-order valence-electron chi connectivity index (χ3n) is 7.85. The summed E-state index contributed by atoms with van der Waals surface area (Å²) in [5.41, 5.74) is 4.56. The van der Waals surface area contributed by atoms with E-state index in [4.69, 9.17) is 14.2 Å². The van der Waals surface area contributed by atoms with E-state index in [2.05, 4.69) is 36.2 Å². The lowest BCUT2D eigenvalue weighted by Crippen LogP contribution is -2.44. The van der Waals surface area contributed by atoms with Crippen molar-refractivity contribution in [3.05, 3.63) is 51.6 Å². The molecule has 36 heavy (non-hydrogen) atoms. The van der Waals surface area contributed by atoms with E-state index in [-0.39, 0.29) is 22.1 Å². The molecule has 2 fully saturated rings. The molecule has 2 bridgehead atoms. The van der Waals surface area contributed by atoms with E-state index in [1.165, 1.54) is 51.8 Å². The number of hydrazone groups is 1. The highest BCUT2D eigenvalue weighted by Gasteiger charge is 2.57. The lowest BCUT2D eigenvalue weighted by Gasteiger charge is -2.44. The van der Waals surface area contributed by atoms with E-state index in [0.717, 1.165) is 25.1 Å². The second-order valence-electron chi connectivity index (χ2n) is 10.2. The number of nitrogens with one attached hydrogen (secondary N) is 1. The zero-order valence-electron chi connectivity index (χ0n) is 21.5. The summed E-state index contributed by atoms with van der Waals surface area (Å²) in [6, 6.07) is 8.18. The minimum Gasteiger partial charge on any atom is -0.493 e. The molecule has 1 saturated carbocycles. The SMILES string of the molecule is COc1cc(C(=O)N/N=C\c2cc([N+](=O)[O-])ccc2N2C[C@@]3(C)C[C@H]2CC3(C)C)cc(OC)c1OC. The normalized spacial score (nSPS) is 22.1. The number of nitro benzene ring substituents is 1. The number of methoxy groups -OCH3 is 3. The van der Waals surface area contributed by atoms with Gasteiger partial charge in [0.15, 0.2) is 11.5 Å². The number of hydrogen-bond acceptors (Lipinski definition) is 8. The van der Waals surface area contributed by atoms with Crippen LogP contribution >= 0.6 is 0 Å². The summed E-state index contributed by atoms with van der Waals surface area (Å²) in [6.45, 7) is 7.79. The van der Waals surface area contributed by atoms with Gasteiger partial charge < -0.3 is 19.1 Å². The maximum absolute atomic E-state index is 12.8. The lowest BCUT2D eigenvalue weighted by atomic mass is 9.69. The Morgan fingerprint density at radius 1 is 1.11 bits per heavy atom. The van der Waals surface area contributed by atoms with Gasteiger partial charge in [0.1, 0.15) is 0 Å². The molecule has 4 rings (SSSR count). The number of ether oxygens (including phenoxy) is 3. The Labute approximate surface area is 210 Å². The van der Waals surface area contributed by atoms with Crippen molar-refractivity contribution in [1.82, 2.24) is 5.43 Å². The van der Waals surface area contributed by atoms with Gasteiger partial charge in [-0.15, -0.1) is 0 Å². The van der Waals surface area contributed by atoms with Gasteiger partial charge in [-0.2, -0.15) is 5.10 Å². The average molecular weight is 497 g/mol. The number of nitrogens with zero attached hydrogens (tertiary/aromatic N) is 3. The average Bonchev–Trinajstić information content (AvgIpc) is 3.30. The number of carbonyl (C=O) groups is 1. The summed E-state index contributed by atoms with van der Waals surface area (Å²) >= 11 is 0. The van der Waals surface area contributed by atoms with Crippen molar-refractivity contribution in [1.29, 1.82) is 0 Å². The summed E-state index contributed by atoms with van der Waals surface area (Å²) in [5, 5.41) is 15.6. The molecule has 1 aliphatic carbocycles. The highest BCUT2D eigenvalue weighted by Crippen LogP contribution is 2.59. The molecular weight excluding hydrogens is 464 g/mol. The number of non-ortho nitro benzene ring substituents is 1. The molecule has 1 heterocycles. The number of fused-ring (bicyclic) bond motifs is 2. The summed E-state index contributed by atoms with van der Waals surface area (Å²) in [4.78, 5) is 26.1. The fraction of sp³-hybridized carbons (Fsp3) is 0.462. The largest absolute Gasteiger partial charge is 0.493 e. The molecule has 10 nitrogen and oxygen atoms in total. The topological polar surface area (TPSA) is 116 Å². The molecule has 1 saturated heterocycles. The molecular formula is C26H32N4O6. The monoisotopic (exact) mass is 496 g/mol. The molecule has 10 heteroatoms. The molecule has 1 amide bonds. The van der Waals surface area contributed by atoms with Crippen LogP contribution in [0.2, 0.25) is 0 Å². The van der Waals surface area contributed by atoms with Crippen LogP contribution in [0, 0.1) is 20.9 Å². The fourth-order valence-corrected chi connectivity index (χ4v) is 5.45. The zero-order valence-corrected chi connectivity index (χ0v) is 21.5. The van der Waals surface area contributed by atoms with Crippen LogP contribution in [0.5, 0.6) is 17.2 Å². The number of nitro groups is 1. The van der Waals surface area contributed by atoms with Gasteiger partial charge in [0.25, 0.3) is 11.6 Å². The van der Waals surface area contributed by atoms with E-state index < -0.39 is 10.8 Å². The second-order valence-corrected chi connectivity index (χ2v) is 10.2. The van der Waals surface area contributed by atoms with E-state index in [0.29, 0.717) is 28.9 Å². The van der Waals surface area contributed by atoms with Gasteiger partial charge in [0, 0.05) is 41.5 Å². The first-order valence-corrected chi connectivity index (χ1v) is 11.7. The summed E-state index contributed by atoms with van der Waals surface area (Å²) in [5.74, 6) is 0.560. The minimum absolute atomic E-state index is 0.0351. The number of piperidine rings is 1. The zero-order chi connectivity index (χ0) is 26.3. The van der Waals surface area contributed by atoms with Crippen molar-refractivity contribution in [2.75, 3.05) is 32.8 Å². The Morgan fingerprint density at radius 2 is 1.78 bits per heavy atom. The van der Waals surface area contributed by atoms with Gasteiger partial charge in [-0.25, -0.2) is 5.43 Å². The Balaban J connectivity index is 1.60. The van der Waals surface area contributed by atoms with Crippen molar-refractivity contribution in [2.45, 2.75) is 39.7 Å². The molecule has 1 aliphatic heterocycles. The van der Waals surface area contributed by atoms with Crippen LogP contribution in [-0.4, -0.2) is 51.0 Å². The van der Waals surface area contributed by atoms with Crippen LogP contribution in [0.3, 0.4) is 0 Å². The second kappa shape index (κ2) is 9.33. The maximum Gasteiger partial charge on any atom is 0.271 e. The number of hydrogen-bond donors (Lipinski definition) is 1. The van der Waals surface area contributed by atoms with Crippen molar-refractivity contribution in [2.24, 2.45) is 15.9 Å². The molecule has 0 aromatic heterocycles. The molecule has 0 spiro atoms. The number of benzene rings is 2. The van der Waals surface area contributed by atoms with Gasteiger partial charge >= 0.3 is 0 Å². The van der Waals surface area contributed by atoms with E-state index in [1.54, 1.807) is 6.07 Å². The molecule has 0 radical (unpaired) electrons. The summed E-state index contributed by atoms with van der Waals surface area (Å²) < 4.78 is 15.9. The predicted molar refractivity (Wildman–Crippen MR) is 137 cm³/mol. The van der Waals surface area contributed by atoms with E-state index in [9.17, 15) is 14.9 Å². The first-order valence-electron chi connectivity index (χ1n) is 11.7. The van der Waals surface area contributed by atoms with Crippen LogP contribution in [0.1, 0.15) is 49.5 Å². The van der Waals surface area contributed by atoms with Gasteiger partial charge in [0.2, 0.25) is 5.75 Å². The fourth-order valence-electron chi connectivity index (χ4n) is 5.45. The first kappa shape index (κ1) is 25.3. The van der Waals surface area contributed by atoms with Gasteiger partial charge in [-0.1, -0.05) is 20.8 Å². The minimum atomic E-state index is -0.494. The predicted octanol–water partition coefficient (Wildman–Crippen LogP) is 4.40. The molecule has 2 aromatic carbocycles. The Hall–Kier alpha value is -3.82. The highest BCUT2D eigenvalue weighted by molar-refractivity contribution is 5.97. The smallest absolute Gasteiger partial charge is 0.271 e. The molecule has 2 aliphatic rings. The summed E-state index contributed by atoms with van der Waals surface area (Å²) in [6.07, 6.45) is 3.58. The Bertz CT molecular complexity index is 1200. The van der Waals surface area contributed by atoms with Crippen LogP contribution in [-0.2, 0) is 0 Å². The third-order valence-corrected chi connectivity index (χ3v) is 7.85. The van der Waals surface area contributed by atoms with Gasteiger partial charge in [-0.05, 0) is 41.9 Å². The molecule has 0 unspecified atom stereocenters. The number of carbonyl (C=O) groups excluding carboxylic acids is 1. The van der Waals surface area contributed by atoms with Gasteiger partial charge in [-0.3, -0.25) is 14.9 Å². The third kappa shape index (κ3) is 4.31. The van der Waals surface area contributed by atoms with Crippen molar-refractivity contribution >= 4 is 23.5 Å². The molecule has 192 valence electrons. The van der Waals surface area contributed by atoms with Crippen molar-refractivity contribution in [3.63, 3.8) is 0 Å². The standard InChI is InChI=1S/C26H32N4O6/c1-25(2)12-19-13-26(25,3)15-29(19)20-8-7-18(30(32)33)9-17(20)14-27-28-24(31)16-10-21(34-4)23(36-6)22(11-16)35-5/h7-11,14,19H,12-13,15H2,1-6H3,(H,28,31)/b27-14-/t19-,26-/m1/s1. The Morgan fingerprint density at radius 3 is 2.28 bits per heavy atom. The highest BCUT2D eigenvalue weighted by atomic mass is 16.6. The quantitative estimate of drug-likeness (QED) is 0.327. The number of rotatable bonds is 8. The van der Waals surface area contributed by atoms with E-state index in [1.807, 2.05) is 0 Å². The molecule has 1 N–H and O–H groups in total. The van der Waals surface area contributed by atoms with Crippen LogP contribution in [0.4, 0.5) is 11.4 Å². The Kier molecular flexibility index (Phi) is 6.55. The van der Waals surface area contributed by atoms with Crippen molar-refractivity contribution in [3.8, 4) is 17.2 Å². The van der Waals surface area contributed by atoms with Crippen molar-refractivity contribution < 1.29 is 23.9 Å². The summed E-state index contributed by atoms with van der Waals surface area (Å²) in [7, 11) is 4.41. The maximum atomic E-state index is 12.8. The van der Waals surface area contributed by atoms with E-state index >= 15 is 0 Å². The molecule has 2 atom stereocenters. The van der Waals surface area contributed by atoms with Crippen LogP contribution in [0.25, 0.3) is 0 Å². The van der Waals surface area contributed by atoms with Crippen LogP contribution in [0.15, 0.2) is 35.4 Å². The number of amides is 1. The van der Waals surface area contributed by atoms with Gasteiger partial charge in [0.05, 0.1) is 32.5 Å². The first-order chi connectivity index (χ1) is 17.0. The number of anilines is 1. The molecule has 2 aromatic rings. The lowest BCUT2D eigenvalue weighted by molar-refractivity contribution is -0.384.